The van der Waals surface area contributed by atoms with Crippen LogP contribution in [-0.4, -0.2) is 32.4 Å². The molecule has 0 atom stereocenters. The zero-order valence-corrected chi connectivity index (χ0v) is 16.4. The Kier molecular flexibility index (Phi) is 7.47. The summed E-state index contributed by atoms with van der Waals surface area (Å²) >= 11 is 5.81. The number of nitrogens with zero attached hydrogens (tertiary/aromatic N) is 1. The molecule has 0 bridgehead atoms. The zero-order chi connectivity index (χ0) is 18.5. The number of nitrogens with one attached hydrogen (secondary N) is 1. The summed E-state index contributed by atoms with van der Waals surface area (Å²) in [6.07, 6.45) is 1.64. The standard InChI is InChI=1S/C19H18ClFN2O3.ClH/c1-24-7-8-26-19-11-17-13(10-18(19)25-2)15(5-6-22-17)23-16-4-3-12(20)9-14(16)21;/h3-6,9-11H,7-8H2,1-2H3,(H,22,23);1H. The lowest BCUT2D eigenvalue weighted by Crippen LogP contribution is -2.05. The normalized spacial score (nSPS) is 10.4. The van der Waals surface area contributed by atoms with E-state index < -0.39 is 5.82 Å². The highest BCUT2D eigenvalue weighted by molar-refractivity contribution is 6.30. The third kappa shape index (κ3) is 4.91. The minimum atomic E-state index is -0.436. The Bertz CT molecular complexity index is 925. The molecule has 1 aromatic heterocycles. The van der Waals surface area contributed by atoms with E-state index in [0.717, 1.165) is 5.39 Å². The largest absolute Gasteiger partial charge is 0.493 e. The predicted octanol–water partition coefficient (Wildman–Crippen LogP) is 5.23. The number of anilines is 2. The Morgan fingerprint density at radius 2 is 1.85 bits per heavy atom. The molecule has 0 saturated carbocycles. The van der Waals surface area contributed by atoms with Crippen LogP contribution in [0.5, 0.6) is 11.5 Å². The average molecular weight is 413 g/mol. The van der Waals surface area contributed by atoms with Gasteiger partial charge < -0.3 is 19.5 Å². The first-order valence-corrected chi connectivity index (χ1v) is 8.30. The molecular weight excluding hydrogens is 394 g/mol. The van der Waals surface area contributed by atoms with Gasteiger partial charge in [-0.3, -0.25) is 4.98 Å². The Labute approximate surface area is 167 Å². The van der Waals surface area contributed by atoms with E-state index in [1.54, 1.807) is 50.7 Å². The van der Waals surface area contributed by atoms with Crippen molar-refractivity contribution < 1.29 is 18.6 Å². The molecule has 0 aliphatic heterocycles. The van der Waals surface area contributed by atoms with E-state index >= 15 is 0 Å². The van der Waals surface area contributed by atoms with Crippen molar-refractivity contribution in [3.63, 3.8) is 0 Å². The fourth-order valence-electron chi connectivity index (χ4n) is 2.51. The van der Waals surface area contributed by atoms with E-state index in [-0.39, 0.29) is 12.4 Å². The summed E-state index contributed by atoms with van der Waals surface area (Å²) in [5, 5.41) is 4.19. The quantitative estimate of drug-likeness (QED) is 0.538. The van der Waals surface area contributed by atoms with Crippen molar-refractivity contribution in [3.8, 4) is 11.5 Å². The molecule has 5 nitrogen and oxygen atoms in total. The third-order valence-corrected chi connectivity index (χ3v) is 4.01. The summed E-state index contributed by atoms with van der Waals surface area (Å²) in [7, 11) is 3.17. The molecule has 0 aliphatic rings. The molecule has 1 N–H and O–H groups in total. The van der Waals surface area contributed by atoms with E-state index in [4.69, 9.17) is 25.8 Å². The highest BCUT2D eigenvalue weighted by Gasteiger charge is 2.12. The smallest absolute Gasteiger partial charge is 0.163 e. The van der Waals surface area contributed by atoms with Crippen LogP contribution >= 0.6 is 24.0 Å². The molecule has 8 heteroatoms. The van der Waals surface area contributed by atoms with Gasteiger partial charge in [-0.2, -0.15) is 0 Å². The Balaban J connectivity index is 0.00000261. The van der Waals surface area contributed by atoms with E-state index in [2.05, 4.69) is 10.3 Å². The summed E-state index contributed by atoms with van der Waals surface area (Å²) in [4.78, 5) is 4.36. The first kappa shape index (κ1) is 21.0. The maximum Gasteiger partial charge on any atom is 0.163 e. The molecule has 0 saturated heterocycles. The predicted molar refractivity (Wildman–Crippen MR) is 108 cm³/mol. The minimum absolute atomic E-state index is 0. The van der Waals surface area contributed by atoms with Crippen LogP contribution in [0.2, 0.25) is 5.02 Å². The first-order chi connectivity index (χ1) is 12.6. The highest BCUT2D eigenvalue weighted by Crippen LogP contribution is 2.36. The summed E-state index contributed by atoms with van der Waals surface area (Å²) < 4.78 is 30.2. The first-order valence-electron chi connectivity index (χ1n) is 7.93. The van der Waals surface area contributed by atoms with Gasteiger partial charge in [-0.15, -0.1) is 12.4 Å². The molecule has 3 rings (SSSR count). The van der Waals surface area contributed by atoms with E-state index in [9.17, 15) is 4.39 Å². The second kappa shape index (κ2) is 9.60. The van der Waals surface area contributed by atoms with Gasteiger partial charge in [0.25, 0.3) is 0 Å². The summed E-state index contributed by atoms with van der Waals surface area (Å²) in [5.41, 5.74) is 1.71. The van der Waals surface area contributed by atoms with Crippen molar-refractivity contribution in [2.45, 2.75) is 0 Å². The lowest BCUT2D eigenvalue weighted by atomic mass is 10.1. The van der Waals surface area contributed by atoms with Crippen LogP contribution in [-0.2, 0) is 4.74 Å². The number of pyridine rings is 1. The number of aromatic nitrogens is 1. The molecule has 0 amide bonds. The molecule has 1 heterocycles. The van der Waals surface area contributed by atoms with E-state index in [0.29, 0.717) is 46.6 Å². The van der Waals surface area contributed by atoms with Crippen LogP contribution in [0.3, 0.4) is 0 Å². The van der Waals surface area contributed by atoms with Crippen molar-refractivity contribution in [1.29, 1.82) is 0 Å². The van der Waals surface area contributed by atoms with Gasteiger partial charge in [-0.05, 0) is 30.3 Å². The number of ether oxygens (including phenoxy) is 3. The number of hydrogen-bond acceptors (Lipinski definition) is 5. The molecule has 0 radical (unpaired) electrons. The van der Waals surface area contributed by atoms with Gasteiger partial charge in [0.1, 0.15) is 12.4 Å². The number of fused-ring (bicyclic) bond motifs is 1. The molecule has 144 valence electrons. The van der Waals surface area contributed by atoms with Crippen LogP contribution < -0.4 is 14.8 Å². The maximum absolute atomic E-state index is 14.1. The lowest BCUT2D eigenvalue weighted by Gasteiger charge is -2.14. The number of benzene rings is 2. The Morgan fingerprint density at radius 1 is 1.04 bits per heavy atom. The van der Waals surface area contributed by atoms with Crippen LogP contribution in [0.4, 0.5) is 15.8 Å². The number of rotatable bonds is 7. The Morgan fingerprint density at radius 3 is 2.56 bits per heavy atom. The number of methoxy groups -OCH3 is 2. The van der Waals surface area contributed by atoms with Gasteiger partial charge in [-0.1, -0.05) is 11.6 Å². The highest BCUT2D eigenvalue weighted by atomic mass is 35.5. The van der Waals surface area contributed by atoms with Crippen molar-refractivity contribution in [2.24, 2.45) is 0 Å². The lowest BCUT2D eigenvalue weighted by molar-refractivity contribution is 0.144. The van der Waals surface area contributed by atoms with Crippen molar-refractivity contribution in [2.75, 3.05) is 32.8 Å². The van der Waals surface area contributed by atoms with Gasteiger partial charge in [0.15, 0.2) is 11.5 Å². The van der Waals surface area contributed by atoms with Crippen LogP contribution in [0.15, 0.2) is 42.6 Å². The van der Waals surface area contributed by atoms with Crippen molar-refractivity contribution in [1.82, 2.24) is 4.98 Å². The van der Waals surface area contributed by atoms with Crippen molar-refractivity contribution in [3.05, 3.63) is 53.4 Å². The summed E-state index contributed by atoms with van der Waals surface area (Å²) in [6.45, 7) is 0.859. The van der Waals surface area contributed by atoms with Gasteiger partial charge >= 0.3 is 0 Å². The molecular formula is C19H19Cl2FN2O3. The number of halogens is 3. The molecule has 0 unspecified atom stereocenters. The minimum Gasteiger partial charge on any atom is -0.493 e. The Hall–Kier alpha value is -2.28. The monoisotopic (exact) mass is 412 g/mol. The summed E-state index contributed by atoms with van der Waals surface area (Å²) in [6, 6.07) is 9.83. The van der Waals surface area contributed by atoms with Crippen LogP contribution in [0.25, 0.3) is 10.9 Å². The molecule has 0 spiro atoms. The van der Waals surface area contributed by atoms with E-state index in [1.807, 2.05) is 0 Å². The SMILES string of the molecule is COCCOc1cc2nccc(Nc3ccc(Cl)cc3F)c2cc1OC.Cl. The number of hydrogen-bond donors (Lipinski definition) is 1. The van der Waals surface area contributed by atoms with Gasteiger partial charge in [-0.25, -0.2) is 4.39 Å². The van der Waals surface area contributed by atoms with Gasteiger partial charge in [0.05, 0.1) is 24.9 Å². The molecule has 27 heavy (non-hydrogen) atoms. The second-order valence-electron chi connectivity index (χ2n) is 5.47. The van der Waals surface area contributed by atoms with E-state index in [1.165, 1.54) is 6.07 Å². The van der Waals surface area contributed by atoms with Gasteiger partial charge in [0.2, 0.25) is 0 Å². The van der Waals surface area contributed by atoms with Crippen molar-refractivity contribution >= 4 is 46.3 Å². The molecule has 0 fully saturated rings. The average Bonchev–Trinajstić information content (AvgIpc) is 2.64. The topological polar surface area (TPSA) is 52.6 Å². The van der Waals surface area contributed by atoms with Crippen LogP contribution in [0.1, 0.15) is 0 Å². The van der Waals surface area contributed by atoms with Crippen LogP contribution in [0, 0.1) is 5.82 Å². The second-order valence-corrected chi connectivity index (χ2v) is 5.91. The van der Waals surface area contributed by atoms with Gasteiger partial charge in [0, 0.05) is 35.5 Å². The fourth-order valence-corrected chi connectivity index (χ4v) is 2.66. The third-order valence-electron chi connectivity index (χ3n) is 3.77. The zero-order valence-electron chi connectivity index (χ0n) is 14.8. The maximum atomic E-state index is 14.1. The molecule has 0 aliphatic carbocycles. The summed E-state index contributed by atoms with van der Waals surface area (Å²) in [5.74, 6) is 0.689. The fraction of sp³-hybridized carbons (Fsp3) is 0.211. The molecule has 2 aromatic carbocycles. The molecule has 3 aromatic rings.